The number of ether oxygens (including phenoxy) is 1. The first-order valence-corrected chi connectivity index (χ1v) is 8.07. The minimum atomic E-state index is -0.118. The molecule has 1 heterocycles. The van der Waals surface area contributed by atoms with Gasteiger partial charge in [-0.15, -0.1) is 24.0 Å². The van der Waals surface area contributed by atoms with Crippen LogP contribution >= 0.6 is 24.0 Å². The van der Waals surface area contributed by atoms with E-state index < -0.39 is 0 Å². The highest BCUT2D eigenvalue weighted by molar-refractivity contribution is 14.0. The predicted molar refractivity (Wildman–Crippen MR) is 106 cm³/mol. The van der Waals surface area contributed by atoms with Gasteiger partial charge in [-0.1, -0.05) is 13.3 Å². The van der Waals surface area contributed by atoms with E-state index in [-0.39, 0.29) is 36.4 Å². The summed E-state index contributed by atoms with van der Waals surface area (Å²) in [5.41, 5.74) is 0. The maximum atomic E-state index is 11.7. The number of nitrogens with one attached hydrogen (secondary N) is 3. The summed E-state index contributed by atoms with van der Waals surface area (Å²) >= 11 is 0. The van der Waals surface area contributed by atoms with Crippen molar-refractivity contribution in [2.24, 2.45) is 4.99 Å². The number of nitrogens with zero attached hydrogens (tertiary/aromatic N) is 1. The Morgan fingerprint density at radius 2 is 2.04 bits per heavy atom. The molecule has 0 unspecified atom stereocenters. The molecule has 0 saturated carbocycles. The lowest BCUT2D eigenvalue weighted by Gasteiger charge is -2.11. The fraction of sp³-hybridized carbons (Fsp3) is 0.625. The number of halogens is 1. The molecule has 0 bridgehead atoms. The zero-order valence-corrected chi connectivity index (χ0v) is 16.8. The second-order valence-corrected chi connectivity index (χ2v) is 5.03. The molecule has 8 heteroatoms. The fourth-order valence-electron chi connectivity index (χ4n) is 1.78. The maximum Gasteiger partial charge on any atom is 0.239 e. The van der Waals surface area contributed by atoms with Gasteiger partial charge in [-0.25, -0.2) is 0 Å². The van der Waals surface area contributed by atoms with Gasteiger partial charge in [-0.2, -0.15) is 0 Å². The van der Waals surface area contributed by atoms with Crippen LogP contribution in [0.25, 0.3) is 0 Å². The third kappa shape index (κ3) is 11.3. The summed E-state index contributed by atoms with van der Waals surface area (Å²) in [6.45, 7) is 4.99. The zero-order valence-electron chi connectivity index (χ0n) is 14.5. The number of hydrogen-bond acceptors (Lipinski definition) is 4. The van der Waals surface area contributed by atoms with Gasteiger partial charge in [0.15, 0.2) is 5.96 Å². The van der Waals surface area contributed by atoms with Crippen LogP contribution < -0.4 is 16.0 Å². The summed E-state index contributed by atoms with van der Waals surface area (Å²) in [5.74, 6) is 1.21. The molecule has 0 aliphatic rings. The van der Waals surface area contributed by atoms with E-state index in [1.807, 2.05) is 6.07 Å². The Kier molecular flexibility index (Phi) is 14.4. The molecule has 0 saturated heterocycles. The predicted octanol–water partition coefficient (Wildman–Crippen LogP) is 1.89. The van der Waals surface area contributed by atoms with Crippen molar-refractivity contribution < 1.29 is 13.9 Å². The number of furan rings is 1. The molecule has 0 fully saturated rings. The minimum absolute atomic E-state index is 0. The summed E-state index contributed by atoms with van der Waals surface area (Å²) in [6.07, 6.45) is 4.73. The fourth-order valence-corrected chi connectivity index (χ4v) is 1.78. The van der Waals surface area contributed by atoms with Gasteiger partial charge in [0.2, 0.25) is 5.91 Å². The number of guanidine groups is 1. The molecule has 0 spiro atoms. The van der Waals surface area contributed by atoms with Crippen molar-refractivity contribution in [1.82, 2.24) is 16.0 Å². The van der Waals surface area contributed by atoms with Crippen molar-refractivity contribution in [2.75, 3.05) is 33.4 Å². The molecule has 0 radical (unpaired) electrons. The lowest BCUT2D eigenvalue weighted by Crippen LogP contribution is -2.43. The lowest BCUT2D eigenvalue weighted by molar-refractivity contribution is -0.120. The summed E-state index contributed by atoms with van der Waals surface area (Å²) in [5, 5.41) is 8.87. The van der Waals surface area contributed by atoms with Crippen LogP contribution in [0.4, 0.5) is 0 Å². The third-order valence-corrected chi connectivity index (χ3v) is 3.08. The van der Waals surface area contributed by atoms with Crippen LogP contribution in [0, 0.1) is 0 Å². The summed E-state index contributed by atoms with van der Waals surface area (Å²) in [7, 11) is 1.67. The van der Waals surface area contributed by atoms with E-state index in [2.05, 4.69) is 27.9 Å². The van der Waals surface area contributed by atoms with E-state index in [0.717, 1.165) is 44.8 Å². The van der Waals surface area contributed by atoms with Crippen molar-refractivity contribution in [3.05, 3.63) is 24.2 Å². The first kappa shape index (κ1) is 22.7. The van der Waals surface area contributed by atoms with E-state index in [1.54, 1.807) is 19.4 Å². The molecule has 1 aromatic rings. The molecular weight excluding hydrogens is 423 g/mol. The summed E-state index contributed by atoms with van der Waals surface area (Å²) < 4.78 is 10.6. The van der Waals surface area contributed by atoms with Crippen molar-refractivity contribution in [1.29, 1.82) is 0 Å². The number of carbonyl (C=O) groups is 1. The van der Waals surface area contributed by atoms with Gasteiger partial charge in [0.05, 0.1) is 19.4 Å². The lowest BCUT2D eigenvalue weighted by atomic mass is 10.4. The van der Waals surface area contributed by atoms with Crippen LogP contribution in [0.3, 0.4) is 0 Å². The number of aliphatic imine (C=N–C) groups is 1. The number of amides is 1. The average molecular weight is 452 g/mol. The quantitative estimate of drug-likeness (QED) is 0.207. The molecule has 1 aromatic heterocycles. The van der Waals surface area contributed by atoms with Crippen LogP contribution in [0.5, 0.6) is 0 Å². The molecule has 0 aromatic carbocycles. The van der Waals surface area contributed by atoms with Crippen molar-refractivity contribution >= 4 is 35.8 Å². The van der Waals surface area contributed by atoms with E-state index in [9.17, 15) is 4.79 Å². The van der Waals surface area contributed by atoms with E-state index >= 15 is 0 Å². The highest BCUT2D eigenvalue weighted by Gasteiger charge is 2.04. The van der Waals surface area contributed by atoms with Gasteiger partial charge in [-0.05, 0) is 25.0 Å². The number of rotatable bonds is 11. The normalized spacial score (nSPS) is 10.8. The second kappa shape index (κ2) is 15.3. The third-order valence-electron chi connectivity index (χ3n) is 3.08. The number of carbonyl (C=O) groups excluding carboxylic acids is 1. The minimum Gasteiger partial charge on any atom is -0.467 e. The van der Waals surface area contributed by atoms with Gasteiger partial charge >= 0.3 is 0 Å². The highest BCUT2D eigenvalue weighted by atomic mass is 127. The Balaban J connectivity index is 0.00000529. The van der Waals surface area contributed by atoms with Gasteiger partial charge < -0.3 is 25.1 Å². The van der Waals surface area contributed by atoms with Crippen LogP contribution in [0.2, 0.25) is 0 Å². The largest absolute Gasteiger partial charge is 0.467 e. The Bertz CT molecular complexity index is 452. The summed E-state index contributed by atoms with van der Waals surface area (Å²) in [6, 6.07) is 3.61. The Labute approximate surface area is 161 Å². The molecule has 3 N–H and O–H groups in total. The first-order valence-electron chi connectivity index (χ1n) is 8.07. The van der Waals surface area contributed by atoms with E-state index in [1.165, 1.54) is 0 Å². The molecule has 0 aliphatic carbocycles. The van der Waals surface area contributed by atoms with Crippen molar-refractivity contribution in [3.8, 4) is 0 Å². The topological polar surface area (TPSA) is 87.9 Å². The molecule has 24 heavy (non-hydrogen) atoms. The molecule has 0 atom stereocenters. The van der Waals surface area contributed by atoms with E-state index in [4.69, 9.17) is 9.15 Å². The zero-order chi connectivity index (χ0) is 16.8. The first-order chi connectivity index (χ1) is 11.3. The monoisotopic (exact) mass is 452 g/mol. The average Bonchev–Trinajstić information content (AvgIpc) is 3.08. The van der Waals surface area contributed by atoms with Gasteiger partial charge in [-0.3, -0.25) is 9.79 Å². The smallest absolute Gasteiger partial charge is 0.239 e. The van der Waals surface area contributed by atoms with Crippen molar-refractivity contribution in [3.63, 3.8) is 0 Å². The van der Waals surface area contributed by atoms with Crippen molar-refractivity contribution in [2.45, 2.75) is 32.7 Å². The Morgan fingerprint density at radius 3 is 2.71 bits per heavy atom. The maximum absolute atomic E-state index is 11.7. The highest BCUT2D eigenvalue weighted by Crippen LogP contribution is 1.97. The van der Waals surface area contributed by atoms with Gasteiger partial charge in [0.25, 0.3) is 0 Å². The second-order valence-electron chi connectivity index (χ2n) is 5.03. The molecule has 1 rings (SSSR count). The molecular formula is C16H29IN4O3. The van der Waals surface area contributed by atoms with Gasteiger partial charge in [0.1, 0.15) is 5.76 Å². The number of unbranched alkanes of at least 4 members (excludes halogenated alkanes) is 1. The molecule has 138 valence electrons. The standard InChI is InChI=1S/C16H28N4O3.HI/c1-3-4-9-22-10-6-8-18-16(17-2)20-13-15(21)19-12-14-7-5-11-23-14;/h5,7,11H,3-4,6,8-10,12-13H2,1-2H3,(H,19,21)(H2,17,18,20);1H. The Hall–Kier alpha value is -1.29. The number of hydrogen-bond donors (Lipinski definition) is 3. The van der Waals surface area contributed by atoms with Crippen LogP contribution in [0.15, 0.2) is 27.8 Å². The molecule has 7 nitrogen and oxygen atoms in total. The van der Waals surface area contributed by atoms with Gasteiger partial charge in [0, 0.05) is 26.8 Å². The summed E-state index contributed by atoms with van der Waals surface area (Å²) in [4.78, 5) is 15.8. The van der Waals surface area contributed by atoms with Crippen LogP contribution in [0.1, 0.15) is 31.9 Å². The van der Waals surface area contributed by atoms with E-state index in [0.29, 0.717) is 12.5 Å². The SMILES string of the molecule is CCCCOCCCNC(=NC)NCC(=O)NCc1ccco1.I. The van der Waals surface area contributed by atoms with Crippen LogP contribution in [-0.2, 0) is 16.1 Å². The Morgan fingerprint density at radius 1 is 1.25 bits per heavy atom. The molecule has 0 aliphatic heterocycles. The van der Waals surface area contributed by atoms with Crippen LogP contribution in [-0.4, -0.2) is 45.2 Å². The molecule has 1 amide bonds.